The number of carbonyl (C=O) groups is 2. The molecule has 0 saturated carbocycles. The molecule has 2 amide bonds. The number of carbonyl (C=O) groups excluding carboxylic acids is 2. The van der Waals surface area contributed by atoms with Crippen LogP contribution in [0.25, 0.3) is 0 Å². The summed E-state index contributed by atoms with van der Waals surface area (Å²) in [6.45, 7) is 18.0. The molecule has 2 aliphatic heterocycles. The summed E-state index contributed by atoms with van der Waals surface area (Å²) in [6.07, 6.45) is -0.853. The summed E-state index contributed by atoms with van der Waals surface area (Å²) < 4.78 is 22.4. The highest BCUT2D eigenvalue weighted by Gasteiger charge is 2.51. The highest BCUT2D eigenvalue weighted by atomic mass is 16.6. The second-order valence-corrected chi connectivity index (χ2v) is 9.86. The van der Waals surface area contributed by atoms with Crippen LogP contribution in [0.2, 0.25) is 0 Å². The average molecular weight is 401 g/mol. The first kappa shape index (κ1) is 22.7. The van der Waals surface area contributed by atoms with Gasteiger partial charge in [0.2, 0.25) is 0 Å². The Balaban J connectivity index is 1.85. The zero-order valence-electron chi connectivity index (χ0n) is 18.7. The van der Waals surface area contributed by atoms with E-state index in [0.717, 1.165) is 0 Å². The van der Waals surface area contributed by atoms with Gasteiger partial charge in [-0.05, 0) is 62.3 Å². The van der Waals surface area contributed by atoms with Crippen molar-refractivity contribution in [1.29, 1.82) is 0 Å². The van der Waals surface area contributed by atoms with Crippen molar-refractivity contribution >= 4 is 12.2 Å². The fourth-order valence-electron chi connectivity index (χ4n) is 4.02. The third-order valence-electron chi connectivity index (χ3n) is 5.26. The molecule has 0 aromatic heterocycles. The normalized spacial score (nSPS) is 25.5. The van der Waals surface area contributed by atoms with Gasteiger partial charge in [0.15, 0.2) is 0 Å². The van der Waals surface area contributed by atoms with Gasteiger partial charge in [0, 0.05) is 6.42 Å². The van der Waals surface area contributed by atoms with E-state index in [1.54, 1.807) is 16.7 Å². The lowest BCUT2D eigenvalue weighted by Gasteiger charge is -2.37. The molecule has 8 heteroatoms. The van der Waals surface area contributed by atoms with Gasteiger partial charge in [0.25, 0.3) is 0 Å². The van der Waals surface area contributed by atoms with Crippen molar-refractivity contribution in [2.24, 2.45) is 0 Å². The standard InChI is InChI=1S/C20H36N2O6/c1-14(28-16(24)22-18(4,5)13-27-20(22,8)9)10-11-25-15(23)21-17(2,3)12-26-19(21,6)7/h14H,10-13H2,1-9H3/t14-/m0/s1. The van der Waals surface area contributed by atoms with Crippen LogP contribution in [0.3, 0.4) is 0 Å². The maximum absolute atomic E-state index is 12.7. The molecule has 0 N–H and O–H groups in total. The van der Waals surface area contributed by atoms with Gasteiger partial charge in [-0.25, -0.2) is 9.59 Å². The van der Waals surface area contributed by atoms with Crippen LogP contribution in [-0.2, 0) is 18.9 Å². The number of rotatable bonds is 4. The minimum atomic E-state index is -0.723. The van der Waals surface area contributed by atoms with Gasteiger partial charge in [0.1, 0.15) is 17.6 Å². The second kappa shape index (κ2) is 7.37. The molecule has 0 spiro atoms. The highest BCUT2D eigenvalue weighted by Crippen LogP contribution is 2.36. The van der Waals surface area contributed by atoms with Gasteiger partial charge in [-0.2, -0.15) is 0 Å². The minimum Gasteiger partial charge on any atom is -0.449 e. The zero-order chi connectivity index (χ0) is 21.5. The van der Waals surface area contributed by atoms with E-state index in [0.29, 0.717) is 19.6 Å². The Labute approximate surface area is 168 Å². The maximum atomic E-state index is 12.7. The molecule has 2 rings (SSSR count). The van der Waals surface area contributed by atoms with Crippen LogP contribution < -0.4 is 0 Å². The Morgan fingerprint density at radius 1 is 0.857 bits per heavy atom. The van der Waals surface area contributed by atoms with E-state index in [1.165, 1.54) is 0 Å². The summed E-state index contributed by atoms with van der Waals surface area (Å²) in [6, 6.07) is 0. The van der Waals surface area contributed by atoms with Crippen molar-refractivity contribution in [3.63, 3.8) is 0 Å². The summed E-state index contributed by atoms with van der Waals surface area (Å²) in [4.78, 5) is 28.4. The number of amides is 2. The molecule has 1 atom stereocenters. The Hall–Kier alpha value is -1.54. The van der Waals surface area contributed by atoms with Gasteiger partial charge >= 0.3 is 12.2 Å². The largest absolute Gasteiger partial charge is 0.449 e. The fraction of sp³-hybridized carbons (Fsp3) is 0.900. The molecular formula is C20H36N2O6. The van der Waals surface area contributed by atoms with E-state index in [2.05, 4.69) is 0 Å². The lowest BCUT2D eigenvalue weighted by Crippen LogP contribution is -2.53. The first-order valence-electron chi connectivity index (χ1n) is 9.86. The van der Waals surface area contributed by atoms with Crippen LogP contribution in [0.4, 0.5) is 9.59 Å². The minimum absolute atomic E-state index is 0.152. The Morgan fingerprint density at radius 3 is 1.68 bits per heavy atom. The predicted octanol–water partition coefficient (Wildman–Crippen LogP) is 3.73. The van der Waals surface area contributed by atoms with Crippen molar-refractivity contribution < 1.29 is 28.5 Å². The van der Waals surface area contributed by atoms with Crippen LogP contribution in [0.15, 0.2) is 0 Å². The quantitative estimate of drug-likeness (QED) is 0.716. The molecule has 0 radical (unpaired) electrons. The van der Waals surface area contributed by atoms with Crippen LogP contribution in [0.1, 0.15) is 68.7 Å². The van der Waals surface area contributed by atoms with Crippen LogP contribution in [0, 0.1) is 0 Å². The van der Waals surface area contributed by atoms with E-state index >= 15 is 0 Å². The Morgan fingerprint density at radius 2 is 1.29 bits per heavy atom. The SMILES string of the molecule is C[C@@H](CCOC(=O)N1C(C)(C)COC1(C)C)OC(=O)N1C(C)(C)COC1(C)C. The molecule has 2 saturated heterocycles. The zero-order valence-corrected chi connectivity index (χ0v) is 18.7. The molecule has 0 bridgehead atoms. The number of hydrogen-bond acceptors (Lipinski definition) is 6. The molecule has 162 valence electrons. The fourth-order valence-corrected chi connectivity index (χ4v) is 4.02. The number of hydrogen-bond donors (Lipinski definition) is 0. The van der Waals surface area contributed by atoms with Crippen molar-refractivity contribution in [2.75, 3.05) is 19.8 Å². The van der Waals surface area contributed by atoms with E-state index in [-0.39, 0.29) is 6.61 Å². The lowest BCUT2D eigenvalue weighted by atomic mass is 10.0. The summed E-state index contributed by atoms with van der Waals surface area (Å²) in [5, 5.41) is 0. The molecule has 0 aromatic rings. The van der Waals surface area contributed by atoms with Crippen LogP contribution in [-0.4, -0.2) is 70.4 Å². The average Bonchev–Trinajstić information content (AvgIpc) is 2.86. The molecule has 2 heterocycles. The Kier molecular flexibility index (Phi) is 5.99. The summed E-state index contributed by atoms with van der Waals surface area (Å²) in [5.41, 5.74) is -2.32. The van der Waals surface area contributed by atoms with Crippen LogP contribution in [0.5, 0.6) is 0 Å². The molecule has 0 unspecified atom stereocenters. The van der Waals surface area contributed by atoms with Gasteiger partial charge in [0.05, 0.1) is 30.9 Å². The second-order valence-electron chi connectivity index (χ2n) is 9.86. The lowest BCUT2D eigenvalue weighted by molar-refractivity contribution is -0.0604. The van der Waals surface area contributed by atoms with Crippen molar-refractivity contribution in [3.05, 3.63) is 0 Å². The maximum Gasteiger partial charge on any atom is 0.412 e. The molecule has 0 aliphatic carbocycles. The third kappa shape index (κ3) is 4.54. The third-order valence-corrected chi connectivity index (χ3v) is 5.26. The smallest absolute Gasteiger partial charge is 0.412 e. The monoisotopic (exact) mass is 400 g/mol. The molecule has 0 aromatic carbocycles. The molecule has 2 fully saturated rings. The Bertz CT molecular complexity index is 582. The number of ether oxygens (including phenoxy) is 4. The summed E-state index contributed by atoms with van der Waals surface area (Å²) >= 11 is 0. The first-order chi connectivity index (χ1) is 12.6. The molecule has 8 nitrogen and oxygen atoms in total. The van der Waals surface area contributed by atoms with Gasteiger partial charge in [-0.3, -0.25) is 9.80 Å². The van der Waals surface area contributed by atoms with Gasteiger partial charge in [-0.1, -0.05) is 0 Å². The molecule has 2 aliphatic rings. The highest BCUT2D eigenvalue weighted by molar-refractivity contribution is 5.70. The van der Waals surface area contributed by atoms with Crippen molar-refractivity contribution in [3.8, 4) is 0 Å². The van der Waals surface area contributed by atoms with Crippen molar-refractivity contribution in [1.82, 2.24) is 9.80 Å². The predicted molar refractivity (Wildman–Crippen MR) is 104 cm³/mol. The van der Waals surface area contributed by atoms with E-state index in [9.17, 15) is 9.59 Å². The first-order valence-corrected chi connectivity index (χ1v) is 9.86. The summed E-state index contributed by atoms with van der Waals surface area (Å²) in [7, 11) is 0. The van der Waals surface area contributed by atoms with E-state index in [4.69, 9.17) is 18.9 Å². The van der Waals surface area contributed by atoms with Crippen LogP contribution >= 0.6 is 0 Å². The molecular weight excluding hydrogens is 364 g/mol. The van der Waals surface area contributed by atoms with E-state index < -0.39 is 40.8 Å². The van der Waals surface area contributed by atoms with E-state index in [1.807, 2.05) is 55.4 Å². The number of nitrogens with zero attached hydrogens (tertiary/aromatic N) is 2. The summed E-state index contributed by atoms with van der Waals surface area (Å²) in [5.74, 6) is 0. The topological polar surface area (TPSA) is 77.5 Å². The molecule has 28 heavy (non-hydrogen) atoms. The van der Waals surface area contributed by atoms with Crippen molar-refractivity contribution in [2.45, 2.75) is 97.4 Å². The van der Waals surface area contributed by atoms with Gasteiger partial charge < -0.3 is 18.9 Å². The van der Waals surface area contributed by atoms with Gasteiger partial charge in [-0.15, -0.1) is 0 Å².